The number of nitrogen functional groups attached to an aromatic ring is 1. The number of nitrogens with zero attached hydrogens (tertiary/aromatic N) is 1. The molecule has 0 saturated carbocycles. The van der Waals surface area contributed by atoms with Crippen LogP contribution < -0.4 is 11.1 Å². The third kappa shape index (κ3) is 3.28. The smallest absolute Gasteiger partial charge is 0.0897 e. The van der Waals surface area contributed by atoms with Crippen molar-refractivity contribution in [1.29, 1.82) is 0 Å². The molecule has 1 heterocycles. The van der Waals surface area contributed by atoms with Crippen LogP contribution in [0.4, 0.5) is 5.69 Å². The summed E-state index contributed by atoms with van der Waals surface area (Å²) >= 11 is 1.73. The van der Waals surface area contributed by atoms with Crippen LogP contribution in [-0.4, -0.2) is 4.98 Å². The Kier molecular flexibility index (Phi) is 3.76. The zero-order valence-corrected chi connectivity index (χ0v) is 11.0. The number of hydrogen-bond acceptors (Lipinski definition) is 4. The molecule has 1 aromatic heterocycles. The first-order valence-electron chi connectivity index (χ1n) is 5.62. The molecule has 3 nitrogen and oxygen atoms in total. The molecule has 3 N–H and O–H groups in total. The Bertz CT molecular complexity index is 505. The van der Waals surface area contributed by atoms with E-state index in [9.17, 15) is 0 Å². The third-order valence-corrected chi connectivity index (χ3v) is 3.54. The van der Waals surface area contributed by atoms with Crippen molar-refractivity contribution in [1.82, 2.24) is 10.3 Å². The van der Waals surface area contributed by atoms with Crippen molar-refractivity contribution in [2.24, 2.45) is 0 Å². The van der Waals surface area contributed by atoms with Crippen LogP contribution in [0.3, 0.4) is 0 Å². The number of anilines is 1. The quantitative estimate of drug-likeness (QED) is 0.817. The predicted molar refractivity (Wildman–Crippen MR) is 73.0 cm³/mol. The minimum Gasteiger partial charge on any atom is -0.399 e. The SMILES string of the molecule is Cc1ncc(CNCc2ccc(N)c(C)c2)s1. The minimum atomic E-state index is 0.854. The van der Waals surface area contributed by atoms with E-state index < -0.39 is 0 Å². The molecule has 0 fully saturated rings. The van der Waals surface area contributed by atoms with Gasteiger partial charge in [0, 0.05) is 29.9 Å². The highest BCUT2D eigenvalue weighted by molar-refractivity contribution is 7.11. The molecule has 0 atom stereocenters. The summed E-state index contributed by atoms with van der Waals surface area (Å²) in [7, 11) is 0. The summed E-state index contributed by atoms with van der Waals surface area (Å²) in [6.07, 6.45) is 1.93. The first-order valence-corrected chi connectivity index (χ1v) is 6.44. The van der Waals surface area contributed by atoms with Crippen LogP contribution in [0.15, 0.2) is 24.4 Å². The lowest BCUT2D eigenvalue weighted by Crippen LogP contribution is -2.12. The van der Waals surface area contributed by atoms with Gasteiger partial charge in [-0.15, -0.1) is 11.3 Å². The third-order valence-electron chi connectivity index (χ3n) is 2.63. The Morgan fingerprint density at radius 1 is 1.29 bits per heavy atom. The van der Waals surface area contributed by atoms with Gasteiger partial charge in [0.15, 0.2) is 0 Å². The van der Waals surface area contributed by atoms with Gasteiger partial charge in [0.1, 0.15) is 0 Å². The summed E-state index contributed by atoms with van der Waals surface area (Å²) in [4.78, 5) is 5.50. The lowest BCUT2D eigenvalue weighted by Gasteiger charge is -2.06. The molecular formula is C13H17N3S. The molecule has 0 aliphatic carbocycles. The van der Waals surface area contributed by atoms with Gasteiger partial charge in [-0.25, -0.2) is 4.98 Å². The second-order valence-corrected chi connectivity index (χ2v) is 5.46. The molecule has 17 heavy (non-hydrogen) atoms. The van der Waals surface area contributed by atoms with Crippen LogP contribution >= 0.6 is 11.3 Å². The molecule has 1 aromatic carbocycles. The van der Waals surface area contributed by atoms with Crippen molar-refractivity contribution in [3.05, 3.63) is 45.4 Å². The van der Waals surface area contributed by atoms with Crippen molar-refractivity contribution in [3.63, 3.8) is 0 Å². The van der Waals surface area contributed by atoms with E-state index in [1.54, 1.807) is 11.3 Å². The van der Waals surface area contributed by atoms with Gasteiger partial charge in [-0.05, 0) is 31.0 Å². The second-order valence-electron chi connectivity index (χ2n) is 4.14. The molecule has 0 aliphatic rings. The average Bonchev–Trinajstić information content (AvgIpc) is 2.70. The molecule has 0 bridgehead atoms. The van der Waals surface area contributed by atoms with Gasteiger partial charge in [-0.3, -0.25) is 0 Å². The number of aryl methyl sites for hydroxylation is 2. The van der Waals surface area contributed by atoms with Crippen molar-refractivity contribution in [2.45, 2.75) is 26.9 Å². The summed E-state index contributed by atoms with van der Waals surface area (Å²) in [5.41, 5.74) is 9.04. The predicted octanol–water partition coefficient (Wildman–Crippen LogP) is 2.63. The minimum absolute atomic E-state index is 0.854. The van der Waals surface area contributed by atoms with Gasteiger partial charge in [0.25, 0.3) is 0 Å². The maximum atomic E-state index is 5.78. The zero-order chi connectivity index (χ0) is 12.3. The second kappa shape index (κ2) is 5.29. The monoisotopic (exact) mass is 247 g/mol. The summed E-state index contributed by atoms with van der Waals surface area (Å²) < 4.78 is 0. The molecule has 0 radical (unpaired) electrons. The van der Waals surface area contributed by atoms with E-state index in [0.29, 0.717) is 0 Å². The standard InChI is InChI=1S/C13H17N3S/c1-9-5-11(3-4-13(9)14)6-15-7-12-8-16-10(2)17-12/h3-5,8,15H,6-7,14H2,1-2H3. The fraction of sp³-hybridized carbons (Fsp3) is 0.308. The lowest BCUT2D eigenvalue weighted by atomic mass is 10.1. The number of nitrogens with one attached hydrogen (secondary N) is 1. The number of thiazole rings is 1. The van der Waals surface area contributed by atoms with Crippen molar-refractivity contribution < 1.29 is 0 Å². The normalized spacial score (nSPS) is 10.7. The van der Waals surface area contributed by atoms with Gasteiger partial charge >= 0.3 is 0 Å². The fourth-order valence-corrected chi connectivity index (χ4v) is 2.43. The Balaban J connectivity index is 1.87. The maximum absolute atomic E-state index is 5.78. The summed E-state index contributed by atoms with van der Waals surface area (Å²) in [5.74, 6) is 0. The Morgan fingerprint density at radius 2 is 2.12 bits per heavy atom. The van der Waals surface area contributed by atoms with E-state index in [1.807, 2.05) is 26.1 Å². The van der Waals surface area contributed by atoms with Gasteiger partial charge in [-0.2, -0.15) is 0 Å². The molecule has 90 valence electrons. The average molecular weight is 247 g/mol. The zero-order valence-electron chi connectivity index (χ0n) is 10.2. The number of nitrogens with two attached hydrogens (primary N) is 1. The van der Waals surface area contributed by atoms with Crippen LogP contribution in [0.5, 0.6) is 0 Å². The summed E-state index contributed by atoms with van der Waals surface area (Å²) in [6.45, 7) is 5.79. The highest BCUT2D eigenvalue weighted by Crippen LogP contribution is 2.13. The van der Waals surface area contributed by atoms with Crippen molar-refractivity contribution >= 4 is 17.0 Å². The Hall–Kier alpha value is -1.39. The largest absolute Gasteiger partial charge is 0.399 e. The van der Waals surface area contributed by atoms with E-state index in [1.165, 1.54) is 10.4 Å². The van der Waals surface area contributed by atoms with E-state index in [-0.39, 0.29) is 0 Å². The number of hydrogen-bond donors (Lipinski definition) is 2. The molecular weight excluding hydrogens is 230 g/mol. The van der Waals surface area contributed by atoms with Crippen molar-refractivity contribution in [2.75, 3.05) is 5.73 Å². The van der Waals surface area contributed by atoms with E-state index >= 15 is 0 Å². The molecule has 0 spiro atoms. The fourth-order valence-electron chi connectivity index (χ4n) is 1.66. The van der Waals surface area contributed by atoms with Crippen LogP contribution in [0.2, 0.25) is 0 Å². The number of aromatic nitrogens is 1. The molecule has 0 aliphatic heterocycles. The summed E-state index contributed by atoms with van der Waals surface area (Å²) in [5, 5.41) is 4.52. The first-order chi connectivity index (χ1) is 8.15. The maximum Gasteiger partial charge on any atom is 0.0897 e. The molecule has 0 amide bonds. The summed E-state index contributed by atoms with van der Waals surface area (Å²) in [6, 6.07) is 6.15. The molecule has 0 unspecified atom stereocenters. The van der Waals surface area contributed by atoms with E-state index in [4.69, 9.17) is 5.73 Å². The van der Waals surface area contributed by atoms with Gasteiger partial charge in [0.05, 0.1) is 5.01 Å². The van der Waals surface area contributed by atoms with Crippen LogP contribution in [0, 0.1) is 13.8 Å². The Labute approximate surface area is 106 Å². The highest BCUT2D eigenvalue weighted by Gasteiger charge is 1.99. The number of benzene rings is 1. The van der Waals surface area contributed by atoms with Crippen LogP contribution in [0.1, 0.15) is 21.0 Å². The molecule has 2 aromatic rings. The van der Waals surface area contributed by atoms with Gasteiger partial charge in [0.2, 0.25) is 0 Å². The first kappa shape index (κ1) is 12.1. The lowest BCUT2D eigenvalue weighted by molar-refractivity contribution is 0.699. The van der Waals surface area contributed by atoms with Crippen LogP contribution in [-0.2, 0) is 13.1 Å². The van der Waals surface area contributed by atoms with Gasteiger partial charge < -0.3 is 11.1 Å². The molecule has 0 saturated heterocycles. The number of rotatable bonds is 4. The van der Waals surface area contributed by atoms with E-state index in [0.717, 1.165) is 29.3 Å². The Morgan fingerprint density at radius 3 is 2.76 bits per heavy atom. The highest BCUT2D eigenvalue weighted by atomic mass is 32.1. The molecule has 2 rings (SSSR count). The van der Waals surface area contributed by atoms with Crippen LogP contribution in [0.25, 0.3) is 0 Å². The topological polar surface area (TPSA) is 50.9 Å². The van der Waals surface area contributed by atoms with Crippen molar-refractivity contribution in [3.8, 4) is 0 Å². The molecule has 4 heteroatoms. The van der Waals surface area contributed by atoms with Gasteiger partial charge in [-0.1, -0.05) is 12.1 Å². The van der Waals surface area contributed by atoms with E-state index in [2.05, 4.69) is 22.4 Å².